The Bertz CT molecular complexity index is 1600. The van der Waals surface area contributed by atoms with Crippen LogP contribution in [0.5, 0.6) is 0 Å². The van der Waals surface area contributed by atoms with Crippen LogP contribution in [0.25, 0.3) is 16.5 Å². The van der Waals surface area contributed by atoms with Gasteiger partial charge < -0.3 is 4.74 Å². The van der Waals surface area contributed by atoms with E-state index in [4.69, 9.17) is 4.74 Å². The second kappa shape index (κ2) is 9.27. The Morgan fingerprint density at radius 1 is 0.861 bits per heavy atom. The van der Waals surface area contributed by atoms with Crippen molar-refractivity contribution in [3.05, 3.63) is 125 Å². The lowest BCUT2D eigenvalue weighted by Gasteiger charge is -2.33. The van der Waals surface area contributed by atoms with Crippen molar-refractivity contribution in [1.29, 1.82) is 0 Å². The van der Waals surface area contributed by atoms with Gasteiger partial charge >= 0.3 is 5.97 Å². The molecule has 0 radical (unpaired) electrons. The number of esters is 1. The summed E-state index contributed by atoms with van der Waals surface area (Å²) in [4.78, 5) is 23.5. The summed E-state index contributed by atoms with van der Waals surface area (Å²) in [5.41, 5.74) is 1.07. The normalized spacial score (nSPS) is 15.9. The Hall–Kier alpha value is -4.50. The van der Waals surface area contributed by atoms with E-state index >= 15 is 0 Å². The zero-order valence-electron chi connectivity index (χ0n) is 18.9. The van der Waals surface area contributed by atoms with Gasteiger partial charge in [0, 0.05) is 24.1 Å². The number of benzene rings is 4. The highest BCUT2D eigenvalue weighted by molar-refractivity contribution is 7.89. The molecule has 36 heavy (non-hydrogen) atoms. The molecule has 8 nitrogen and oxygen atoms in total. The third kappa shape index (κ3) is 4.44. The Labute approximate surface area is 207 Å². The number of sulfonamides is 1. The maximum atomic E-state index is 13.7. The first kappa shape index (κ1) is 23.3. The van der Waals surface area contributed by atoms with Crippen LogP contribution in [0.4, 0.5) is 5.69 Å². The highest BCUT2D eigenvalue weighted by Gasteiger charge is 2.39. The van der Waals surface area contributed by atoms with Crippen molar-refractivity contribution in [2.75, 3.05) is 0 Å². The number of fused-ring (bicyclic) bond motifs is 1. The maximum absolute atomic E-state index is 13.7. The van der Waals surface area contributed by atoms with E-state index in [9.17, 15) is 23.3 Å². The molecule has 1 aliphatic heterocycles. The lowest BCUT2D eigenvalue weighted by atomic mass is 10.0. The van der Waals surface area contributed by atoms with Crippen LogP contribution in [0.1, 0.15) is 11.1 Å². The molecular weight excluding hydrogens is 480 g/mol. The minimum Gasteiger partial charge on any atom is -0.423 e. The molecule has 0 fully saturated rings. The maximum Gasteiger partial charge on any atom is 0.335 e. The molecule has 0 aromatic heterocycles. The number of hydrogen-bond acceptors (Lipinski definition) is 6. The lowest BCUT2D eigenvalue weighted by Crippen LogP contribution is -2.46. The Balaban J connectivity index is 1.60. The topological polar surface area (TPSA) is 107 Å². The van der Waals surface area contributed by atoms with Crippen LogP contribution in [0.2, 0.25) is 0 Å². The summed E-state index contributed by atoms with van der Waals surface area (Å²) < 4.78 is 34.1. The second-order valence-corrected chi connectivity index (χ2v) is 10.1. The number of nitro benzene ring substituents is 1. The number of carbonyl (C=O) groups excluding carboxylic acids is 1. The van der Waals surface area contributed by atoms with E-state index in [2.05, 4.69) is 0 Å². The van der Waals surface area contributed by atoms with Crippen LogP contribution in [0.3, 0.4) is 0 Å². The molecule has 1 aliphatic rings. The number of nitrogens with zero attached hydrogens (tertiary/aromatic N) is 2. The van der Waals surface area contributed by atoms with E-state index in [-0.39, 0.29) is 22.8 Å². The molecule has 0 spiro atoms. The number of cyclic esters (lactones) is 1. The molecule has 1 heterocycles. The second-order valence-electron chi connectivity index (χ2n) is 8.27. The van der Waals surface area contributed by atoms with Crippen molar-refractivity contribution in [1.82, 2.24) is 4.31 Å². The molecule has 0 amide bonds. The van der Waals surface area contributed by atoms with Gasteiger partial charge in [-0.2, -0.15) is 0 Å². The highest BCUT2D eigenvalue weighted by Crippen LogP contribution is 2.32. The molecule has 5 rings (SSSR count). The Morgan fingerprint density at radius 2 is 1.53 bits per heavy atom. The zero-order chi connectivity index (χ0) is 25.3. The molecule has 9 heteroatoms. The fourth-order valence-electron chi connectivity index (χ4n) is 4.10. The van der Waals surface area contributed by atoms with Crippen LogP contribution in [0.15, 0.2) is 108 Å². The zero-order valence-corrected chi connectivity index (χ0v) is 19.7. The third-order valence-corrected chi connectivity index (χ3v) is 7.75. The number of rotatable bonds is 6. The van der Waals surface area contributed by atoms with E-state index in [0.717, 1.165) is 44.9 Å². The van der Waals surface area contributed by atoms with Crippen molar-refractivity contribution in [3.63, 3.8) is 0 Å². The van der Waals surface area contributed by atoms with Gasteiger partial charge in [-0.3, -0.25) is 14.4 Å². The average molecular weight is 501 g/mol. The fraction of sp³-hybridized carbons (Fsp3) is 0.0741. The van der Waals surface area contributed by atoms with E-state index in [0.29, 0.717) is 5.56 Å². The van der Waals surface area contributed by atoms with Gasteiger partial charge in [0.05, 0.1) is 16.0 Å². The molecule has 0 bridgehead atoms. The SMILES string of the molecule is O=C1OC(c2ccc3ccccc3c2)=CN(S(=O)(=O)c2ccc([N+](=O)[O-])cc2)[C@H]1Cc1ccccc1. The van der Waals surface area contributed by atoms with E-state index in [1.807, 2.05) is 42.5 Å². The minimum atomic E-state index is -4.26. The molecule has 4 aromatic rings. The Kier molecular flexibility index (Phi) is 5.99. The third-order valence-electron chi connectivity index (χ3n) is 5.96. The smallest absolute Gasteiger partial charge is 0.335 e. The molecule has 0 saturated heterocycles. The van der Waals surface area contributed by atoms with Crippen molar-refractivity contribution in [2.24, 2.45) is 0 Å². The molecule has 0 N–H and O–H groups in total. The van der Waals surface area contributed by atoms with Gasteiger partial charge in [-0.05, 0) is 34.5 Å². The summed E-state index contributed by atoms with van der Waals surface area (Å²) >= 11 is 0. The molecule has 4 aromatic carbocycles. The quantitative estimate of drug-likeness (QED) is 0.212. The molecule has 0 unspecified atom stereocenters. The summed E-state index contributed by atoms with van der Waals surface area (Å²) in [5.74, 6) is -0.615. The minimum absolute atomic E-state index is 0.0907. The van der Waals surface area contributed by atoms with Crippen molar-refractivity contribution < 1.29 is 22.9 Å². The standard InChI is InChI=1S/C27H20N2O6S/c30-27-25(16-19-6-2-1-3-7-19)28(36(33,34)24-14-12-23(13-15-24)29(31)32)18-26(35-27)22-11-10-20-8-4-5-9-21(20)17-22/h1-15,17-18,25H,16H2/t25-/m0/s1. The van der Waals surface area contributed by atoms with Gasteiger partial charge in [-0.25, -0.2) is 13.2 Å². The van der Waals surface area contributed by atoms with Crippen molar-refractivity contribution >= 4 is 38.2 Å². The number of carbonyl (C=O) groups is 1. The summed E-state index contributed by atoms with van der Waals surface area (Å²) in [6, 6.07) is 25.5. The highest BCUT2D eigenvalue weighted by atomic mass is 32.2. The Morgan fingerprint density at radius 3 is 2.22 bits per heavy atom. The van der Waals surface area contributed by atoms with Crippen LogP contribution in [-0.4, -0.2) is 29.7 Å². The average Bonchev–Trinajstić information content (AvgIpc) is 2.90. The summed E-state index contributed by atoms with van der Waals surface area (Å²) in [5, 5.41) is 12.9. The fourth-order valence-corrected chi connectivity index (χ4v) is 5.55. The van der Waals surface area contributed by atoms with Crippen molar-refractivity contribution in [3.8, 4) is 0 Å². The number of nitro groups is 1. The summed E-state index contributed by atoms with van der Waals surface area (Å²) in [6.07, 6.45) is 1.41. The van der Waals surface area contributed by atoms with Crippen LogP contribution in [-0.2, 0) is 26.0 Å². The number of hydrogen-bond donors (Lipinski definition) is 0. The first-order chi connectivity index (χ1) is 17.3. The van der Waals surface area contributed by atoms with Crippen LogP contribution in [0, 0.1) is 10.1 Å². The summed E-state index contributed by atoms with van der Waals surface area (Å²) in [7, 11) is -4.26. The number of ether oxygens (including phenoxy) is 1. The monoisotopic (exact) mass is 500 g/mol. The summed E-state index contributed by atoms with van der Waals surface area (Å²) in [6.45, 7) is 0. The van der Waals surface area contributed by atoms with Gasteiger partial charge in [-0.1, -0.05) is 66.7 Å². The predicted molar refractivity (Wildman–Crippen MR) is 134 cm³/mol. The van der Waals surface area contributed by atoms with E-state index in [1.165, 1.54) is 6.20 Å². The predicted octanol–water partition coefficient (Wildman–Crippen LogP) is 4.91. The first-order valence-electron chi connectivity index (χ1n) is 11.1. The van der Waals surface area contributed by atoms with Crippen molar-refractivity contribution in [2.45, 2.75) is 17.4 Å². The first-order valence-corrected chi connectivity index (χ1v) is 12.5. The van der Waals surface area contributed by atoms with Crippen LogP contribution < -0.4 is 0 Å². The van der Waals surface area contributed by atoms with E-state index in [1.54, 1.807) is 30.3 Å². The van der Waals surface area contributed by atoms with E-state index < -0.39 is 27.0 Å². The lowest BCUT2D eigenvalue weighted by molar-refractivity contribution is -0.384. The van der Waals surface area contributed by atoms with Crippen LogP contribution >= 0.6 is 0 Å². The molecule has 180 valence electrons. The van der Waals surface area contributed by atoms with Gasteiger partial charge in [0.15, 0.2) is 5.76 Å². The molecule has 0 aliphatic carbocycles. The van der Waals surface area contributed by atoms with Gasteiger partial charge in [0.2, 0.25) is 0 Å². The van der Waals surface area contributed by atoms with Gasteiger partial charge in [-0.15, -0.1) is 0 Å². The molecule has 0 saturated carbocycles. The van der Waals surface area contributed by atoms with Gasteiger partial charge in [0.25, 0.3) is 15.7 Å². The largest absolute Gasteiger partial charge is 0.423 e. The molecule has 1 atom stereocenters. The molecular formula is C27H20N2O6S. The van der Waals surface area contributed by atoms with Gasteiger partial charge in [0.1, 0.15) is 6.04 Å². The number of non-ortho nitro benzene ring substituents is 1.